The molecule has 0 aromatic rings. The Kier molecular flexibility index (Phi) is 6.99. The van der Waals surface area contributed by atoms with Crippen LogP contribution in [0.15, 0.2) is 0 Å². The number of hydrogen-bond acceptors (Lipinski definition) is 5. The summed E-state index contributed by atoms with van der Waals surface area (Å²) in [5.41, 5.74) is 0. The molecule has 0 bridgehead atoms. The van der Waals surface area contributed by atoms with E-state index in [2.05, 4.69) is 0 Å². The van der Waals surface area contributed by atoms with Gasteiger partial charge in [0, 0.05) is 25.0 Å². The molecular formula is C9H20N3O2P. The largest absolute Gasteiger partial charge is 0.337 e. The van der Waals surface area contributed by atoms with E-state index in [-0.39, 0.29) is 18.5 Å². The van der Waals surface area contributed by atoms with Gasteiger partial charge in [0.25, 0.3) is 8.53 Å². The van der Waals surface area contributed by atoms with Gasteiger partial charge in [0.1, 0.15) is 0 Å². The minimum atomic E-state index is -2.17. The highest BCUT2D eigenvalue weighted by atomic mass is 31.2. The summed E-state index contributed by atoms with van der Waals surface area (Å²) in [7, 11) is -2.17. The van der Waals surface area contributed by atoms with Crippen molar-refractivity contribution in [3.8, 4) is 6.07 Å². The average Bonchev–Trinajstić information content (AvgIpc) is 2.09. The second-order valence-corrected chi connectivity index (χ2v) is 4.84. The van der Waals surface area contributed by atoms with E-state index >= 15 is 0 Å². The van der Waals surface area contributed by atoms with Crippen molar-refractivity contribution in [2.45, 2.75) is 46.2 Å². The average molecular weight is 233 g/mol. The van der Waals surface area contributed by atoms with Gasteiger partial charge in [0.2, 0.25) is 0 Å². The van der Waals surface area contributed by atoms with Gasteiger partial charge in [-0.2, -0.15) is 10.0 Å². The van der Waals surface area contributed by atoms with Gasteiger partial charge in [-0.15, -0.1) is 0 Å². The first-order valence-corrected chi connectivity index (χ1v) is 6.22. The van der Waals surface area contributed by atoms with Gasteiger partial charge in [-0.25, -0.2) is 5.01 Å². The summed E-state index contributed by atoms with van der Waals surface area (Å²) in [6, 6.07) is 2.35. The molecule has 0 unspecified atom stereocenters. The molecule has 0 aliphatic rings. The minimum Gasteiger partial charge on any atom is -0.337 e. The Morgan fingerprint density at radius 3 is 1.93 bits per heavy atom. The number of rotatable bonds is 6. The molecule has 0 spiro atoms. The van der Waals surface area contributed by atoms with Crippen LogP contribution in [0.4, 0.5) is 0 Å². The van der Waals surface area contributed by atoms with E-state index in [0.717, 1.165) is 0 Å². The fraction of sp³-hybridized carbons (Fsp3) is 0.889. The normalized spacial score (nSPS) is 12.1. The van der Waals surface area contributed by atoms with Crippen LogP contribution in [0.3, 0.4) is 0 Å². The van der Waals surface area contributed by atoms with E-state index in [0.29, 0.717) is 6.54 Å². The van der Waals surface area contributed by atoms with Crippen molar-refractivity contribution in [2.75, 3.05) is 6.54 Å². The highest BCUT2D eigenvalue weighted by Gasteiger charge is 2.26. The molecule has 0 amide bonds. The molecule has 0 radical (unpaired) electrons. The molecule has 6 heteroatoms. The molecule has 0 heterocycles. The van der Waals surface area contributed by atoms with Crippen LogP contribution in [0.2, 0.25) is 0 Å². The third-order valence-corrected chi connectivity index (χ3v) is 2.77. The lowest BCUT2D eigenvalue weighted by atomic mass is 10.3. The Morgan fingerprint density at radius 2 is 1.67 bits per heavy atom. The second-order valence-electron chi connectivity index (χ2n) is 3.84. The highest BCUT2D eigenvalue weighted by molar-refractivity contribution is 7.42. The topological polar surface area (TPSA) is 70.7 Å². The van der Waals surface area contributed by atoms with Crippen molar-refractivity contribution in [3.63, 3.8) is 0 Å². The van der Waals surface area contributed by atoms with Gasteiger partial charge in [-0.05, 0) is 27.7 Å². The molecule has 0 saturated carbocycles. The first kappa shape index (κ1) is 14.8. The quantitative estimate of drug-likeness (QED) is 0.536. The maximum atomic E-state index is 9.30. The molecule has 2 N–H and O–H groups in total. The summed E-state index contributed by atoms with van der Waals surface area (Å²) in [5.74, 6) is 0. The van der Waals surface area contributed by atoms with Crippen LogP contribution in [0.25, 0.3) is 0 Å². The Morgan fingerprint density at radius 1 is 1.20 bits per heavy atom. The maximum Gasteiger partial charge on any atom is 0.268 e. The molecule has 0 saturated heterocycles. The fourth-order valence-electron chi connectivity index (χ4n) is 1.58. The molecule has 88 valence electrons. The van der Waals surface area contributed by atoms with Crippen LogP contribution in [0.5, 0.6) is 0 Å². The molecule has 0 rings (SSSR count). The second kappa shape index (κ2) is 7.10. The Bertz CT molecular complexity index is 208. The van der Waals surface area contributed by atoms with Gasteiger partial charge in [-0.3, -0.25) is 0 Å². The van der Waals surface area contributed by atoms with Crippen molar-refractivity contribution >= 4 is 8.53 Å². The third-order valence-electron chi connectivity index (χ3n) is 1.95. The summed E-state index contributed by atoms with van der Waals surface area (Å²) < 4.78 is 1.48. The van der Waals surface area contributed by atoms with Gasteiger partial charge < -0.3 is 9.79 Å². The molecule has 0 atom stereocenters. The first-order valence-electron chi connectivity index (χ1n) is 5.02. The van der Waals surface area contributed by atoms with Crippen LogP contribution in [0.1, 0.15) is 34.1 Å². The third kappa shape index (κ3) is 4.87. The lowest BCUT2D eigenvalue weighted by molar-refractivity contribution is -0.0144. The standard InChI is InChI=1S/C9H20N3O2P/c1-8(2)12(9(3)4)11(15(13)14)7-5-6-10/h8-9,13-14H,5,7H2,1-4H3. The zero-order chi connectivity index (χ0) is 12.0. The molecule has 5 nitrogen and oxygen atoms in total. The van der Waals surface area contributed by atoms with Crippen molar-refractivity contribution < 1.29 is 9.79 Å². The maximum absolute atomic E-state index is 9.30. The van der Waals surface area contributed by atoms with Gasteiger partial charge in [0.15, 0.2) is 0 Å². The van der Waals surface area contributed by atoms with Crippen molar-refractivity contribution in [1.29, 1.82) is 5.26 Å². The molecule has 0 aliphatic heterocycles. The van der Waals surface area contributed by atoms with Gasteiger partial charge in [-0.1, -0.05) is 0 Å². The summed E-state index contributed by atoms with van der Waals surface area (Å²) >= 11 is 0. The summed E-state index contributed by atoms with van der Waals surface area (Å²) in [5, 5.41) is 10.4. The van der Waals surface area contributed by atoms with E-state index in [1.165, 1.54) is 4.78 Å². The summed E-state index contributed by atoms with van der Waals surface area (Å²) in [6.07, 6.45) is 0.288. The van der Waals surface area contributed by atoms with E-state index in [9.17, 15) is 9.79 Å². The SMILES string of the molecule is CC(C)N(C(C)C)N(CCC#N)P(O)O. The highest BCUT2D eigenvalue weighted by Crippen LogP contribution is 2.33. The number of nitriles is 1. The van der Waals surface area contributed by atoms with Crippen LogP contribution in [-0.4, -0.2) is 38.2 Å². The zero-order valence-electron chi connectivity index (χ0n) is 9.75. The lowest BCUT2D eigenvalue weighted by Gasteiger charge is -2.40. The van der Waals surface area contributed by atoms with E-state index in [4.69, 9.17) is 5.26 Å². The smallest absolute Gasteiger partial charge is 0.268 e. The number of hydrazine groups is 1. The predicted octanol–water partition coefficient (Wildman–Crippen LogP) is 1.45. The Balaban J connectivity index is 4.62. The zero-order valence-corrected chi connectivity index (χ0v) is 10.6. The van der Waals surface area contributed by atoms with Gasteiger partial charge >= 0.3 is 0 Å². The molecule has 0 aliphatic carbocycles. The number of nitrogens with zero attached hydrogens (tertiary/aromatic N) is 3. The summed E-state index contributed by atoms with van der Waals surface area (Å²) in [4.78, 5) is 18.6. The molecule has 15 heavy (non-hydrogen) atoms. The molecule has 0 aromatic carbocycles. The monoisotopic (exact) mass is 233 g/mol. The van der Waals surface area contributed by atoms with E-state index in [1.807, 2.05) is 38.8 Å². The lowest BCUT2D eigenvalue weighted by Crippen LogP contribution is -2.48. The number of hydrogen-bond donors (Lipinski definition) is 2. The van der Waals surface area contributed by atoms with Crippen LogP contribution < -0.4 is 0 Å². The summed E-state index contributed by atoms with van der Waals surface area (Å²) in [6.45, 7) is 8.29. The first-order chi connectivity index (χ1) is 6.91. The molecule has 0 aromatic heterocycles. The van der Waals surface area contributed by atoms with Crippen molar-refractivity contribution in [2.24, 2.45) is 0 Å². The fourth-order valence-corrected chi connectivity index (χ4v) is 2.45. The van der Waals surface area contributed by atoms with E-state index in [1.54, 1.807) is 0 Å². The van der Waals surface area contributed by atoms with Gasteiger partial charge in [0.05, 0.1) is 6.07 Å². The van der Waals surface area contributed by atoms with E-state index < -0.39 is 8.53 Å². The predicted molar refractivity (Wildman–Crippen MR) is 60.4 cm³/mol. The molecule has 0 fully saturated rings. The van der Waals surface area contributed by atoms with Crippen molar-refractivity contribution in [3.05, 3.63) is 0 Å². The van der Waals surface area contributed by atoms with Crippen LogP contribution >= 0.6 is 8.53 Å². The minimum absolute atomic E-state index is 0.174. The Hall–Kier alpha value is -0.240. The van der Waals surface area contributed by atoms with Crippen LogP contribution in [-0.2, 0) is 0 Å². The van der Waals surface area contributed by atoms with Crippen molar-refractivity contribution in [1.82, 2.24) is 9.79 Å². The Labute approximate surface area is 92.9 Å². The molecular weight excluding hydrogens is 213 g/mol. The van der Waals surface area contributed by atoms with Crippen LogP contribution in [0, 0.1) is 11.3 Å².